The van der Waals surface area contributed by atoms with Crippen LogP contribution >= 0.6 is 0 Å². The number of ether oxygens (including phenoxy) is 1. The quantitative estimate of drug-likeness (QED) is 0.687. The summed E-state index contributed by atoms with van der Waals surface area (Å²) in [7, 11) is 1.78. The summed E-state index contributed by atoms with van der Waals surface area (Å²) in [5.41, 5.74) is 14.4. The Kier molecular flexibility index (Phi) is 3.37. The Labute approximate surface area is 118 Å². The fourth-order valence-electron chi connectivity index (χ4n) is 2.67. The summed E-state index contributed by atoms with van der Waals surface area (Å²) < 4.78 is 5.63. The lowest BCUT2D eigenvalue weighted by atomic mass is 9.97. The Morgan fingerprint density at radius 3 is 2.90 bits per heavy atom. The van der Waals surface area contributed by atoms with E-state index in [9.17, 15) is 4.79 Å². The number of nitrogens with zero attached hydrogens (tertiary/aromatic N) is 1. The third-order valence-electron chi connectivity index (χ3n) is 4.08. The lowest BCUT2D eigenvalue weighted by Gasteiger charge is -2.21. The van der Waals surface area contributed by atoms with Crippen LogP contribution in [0.5, 0.6) is 5.75 Å². The molecule has 0 saturated carbocycles. The molecule has 1 saturated heterocycles. The highest BCUT2D eigenvalue weighted by molar-refractivity contribution is 5.95. The van der Waals surface area contributed by atoms with Gasteiger partial charge in [-0.2, -0.15) is 0 Å². The molecule has 20 heavy (non-hydrogen) atoms. The fraction of sp³-hybridized carbons (Fsp3) is 0.500. The summed E-state index contributed by atoms with van der Waals surface area (Å²) in [6.45, 7) is 2.47. The highest BCUT2D eigenvalue weighted by Gasteiger charge is 2.32. The van der Waals surface area contributed by atoms with Crippen molar-refractivity contribution in [3.63, 3.8) is 0 Å². The van der Waals surface area contributed by atoms with Crippen molar-refractivity contribution in [1.82, 2.24) is 10.9 Å². The minimum absolute atomic E-state index is 0.0132. The van der Waals surface area contributed by atoms with Crippen LogP contribution in [0.2, 0.25) is 0 Å². The first-order chi connectivity index (χ1) is 9.58. The number of amides is 1. The minimum Gasteiger partial charge on any atom is -0.491 e. The van der Waals surface area contributed by atoms with Gasteiger partial charge in [0.1, 0.15) is 5.75 Å². The molecular weight excluding hydrogens is 256 g/mol. The van der Waals surface area contributed by atoms with E-state index in [1.54, 1.807) is 11.9 Å². The maximum atomic E-state index is 11.9. The van der Waals surface area contributed by atoms with Crippen molar-refractivity contribution in [1.29, 1.82) is 0 Å². The topological polar surface area (TPSA) is 79.6 Å². The van der Waals surface area contributed by atoms with Gasteiger partial charge in [0.15, 0.2) is 0 Å². The van der Waals surface area contributed by atoms with Gasteiger partial charge in [-0.05, 0) is 24.6 Å². The zero-order valence-electron chi connectivity index (χ0n) is 11.7. The number of hydrogen-bond donors (Lipinski definition) is 3. The van der Waals surface area contributed by atoms with Gasteiger partial charge < -0.3 is 15.4 Å². The second kappa shape index (κ2) is 5.05. The standard InChI is InChI=1S/C14H20N4O2/c1-8-13(15)14(17-16-8)9-3-4-11-10(7-9)18(2)12(19)5-6-20-11/h3-4,7-8,13-14,16-17H,5-6,15H2,1-2H3. The number of benzene rings is 1. The molecule has 1 fully saturated rings. The summed E-state index contributed by atoms with van der Waals surface area (Å²) in [6.07, 6.45) is 0.403. The largest absolute Gasteiger partial charge is 0.491 e. The predicted octanol–water partition coefficient (Wildman–Crippen LogP) is 0.297. The number of carbonyl (C=O) groups is 1. The molecule has 0 aromatic heterocycles. The molecule has 0 spiro atoms. The monoisotopic (exact) mass is 276 g/mol. The molecule has 3 unspecified atom stereocenters. The summed E-state index contributed by atoms with van der Waals surface area (Å²) in [6, 6.07) is 6.12. The molecule has 0 radical (unpaired) electrons. The molecule has 2 heterocycles. The number of rotatable bonds is 1. The molecule has 4 N–H and O–H groups in total. The molecule has 1 aromatic carbocycles. The van der Waals surface area contributed by atoms with Crippen LogP contribution in [0.4, 0.5) is 5.69 Å². The average Bonchev–Trinajstić information content (AvgIpc) is 2.70. The van der Waals surface area contributed by atoms with Gasteiger partial charge >= 0.3 is 0 Å². The highest BCUT2D eigenvalue weighted by atomic mass is 16.5. The molecule has 2 aliphatic heterocycles. The zero-order valence-corrected chi connectivity index (χ0v) is 11.7. The van der Waals surface area contributed by atoms with Gasteiger partial charge in [0, 0.05) is 19.1 Å². The molecule has 3 atom stereocenters. The third kappa shape index (κ3) is 2.15. The van der Waals surface area contributed by atoms with Crippen molar-refractivity contribution in [3.8, 4) is 5.75 Å². The van der Waals surface area contributed by atoms with Gasteiger partial charge in [-0.1, -0.05) is 6.07 Å². The summed E-state index contributed by atoms with van der Waals surface area (Å²) in [4.78, 5) is 13.6. The van der Waals surface area contributed by atoms with Crippen molar-refractivity contribution in [2.24, 2.45) is 5.73 Å². The smallest absolute Gasteiger partial charge is 0.230 e. The molecule has 1 aromatic rings. The Morgan fingerprint density at radius 1 is 1.40 bits per heavy atom. The van der Waals surface area contributed by atoms with Crippen molar-refractivity contribution >= 4 is 11.6 Å². The second-order valence-electron chi connectivity index (χ2n) is 5.41. The van der Waals surface area contributed by atoms with Crippen LogP contribution in [0.1, 0.15) is 24.9 Å². The highest BCUT2D eigenvalue weighted by Crippen LogP contribution is 2.34. The van der Waals surface area contributed by atoms with E-state index in [1.165, 1.54) is 0 Å². The average molecular weight is 276 g/mol. The van der Waals surface area contributed by atoms with Crippen LogP contribution < -0.4 is 26.2 Å². The lowest BCUT2D eigenvalue weighted by molar-refractivity contribution is -0.118. The molecule has 2 aliphatic rings. The number of anilines is 1. The molecule has 6 heteroatoms. The van der Waals surface area contributed by atoms with Crippen LogP contribution in [0.15, 0.2) is 18.2 Å². The van der Waals surface area contributed by atoms with E-state index in [1.807, 2.05) is 25.1 Å². The molecule has 1 amide bonds. The number of nitrogens with two attached hydrogens (primary N) is 1. The van der Waals surface area contributed by atoms with Crippen LogP contribution in [0.25, 0.3) is 0 Å². The van der Waals surface area contributed by atoms with Gasteiger partial charge in [-0.3, -0.25) is 10.2 Å². The number of nitrogens with one attached hydrogen (secondary N) is 2. The van der Waals surface area contributed by atoms with E-state index in [-0.39, 0.29) is 24.0 Å². The molecule has 6 nitrogen and oxygen atoms in total. The second-order valence-corrected chi connectivity index (χ2v) is 5.41. The van der Waals surface area contributed by atoms with Gasteiger partial charge in [0.05, 0.1) is 24.8 Å². The van der Waals surface area contributed by atoms with Crippen LogP contribution in [0.3, 0.4) is 0 Å². The van der Waals surface area contributed by atoms with Crippen molar-refractivity contribution in [3.05, 3.63) is 23.8 Å². The van der Waals surface area contributed by atoms with Gasteiger partial charge in [-0.25, -0.2) is 5.43 Å². The number of carbonyl (C=O) groups excluding carboxylic acids is 1. The first-order valence-corrected chi connectivity index (χ1v) is 6.88. The molecule has 108 valence electrons. The molecule has 0 aliphatic carbocycles. The Bertz CT molecular complexity index is 534. The van der Waals surface area contributed by atoms with Crippen LogP contribution in [0, 0.1) is 0 Å². The van der Waals surface area contributed by atoms with E-state index in [4.69, 9.17) is 10.5 Å². The molecular formula is C14H20N4O2. The first-order valence-electron chi connectivity index (χ1n) is 6.88. The van der Waals surface area contributed by atoms with Gasteiger partial charge in [-0.15, -0.1) is 0 Å². The maximum absolute atomic E-state index is 11.9. The van der Waals surface area contributed by atoms with Crippen molar-refractivity contribution in [2.75, 3.05) is 18.6 Å². The van der Waals surface area contributed by atoms with Crippen molar-refractivity contribution in [2.45, 2.75) is 31.5 Å². The zero-order chi connectivity index (χ0) is 14.3. The Morgan fingerprint density at radius 2 is 2.20 bits per heavy atom. The SMILES string of the molecule is CC1NNC(c2ccc3c(c2)N(C)C(=O)CCO3)C1N. The number of fused-ring (bicyclic) bond motifs is 1. The van der Waals surface area contributed by atoms with Crippen LogP contribution in [-0.4, -0.2) is 31.6 Å². The van der Waals surface area contributed by atoms with E-state index in [2.05, 4.69) is 10.9 Å². The third-order valence-corrected chi connectivity index (χ3v) is 4.08. The number of hydrogen-bond acceptors (Lipinski definition) is 5. The summed E-state index contributed by atoms with van der Waals surface area (Å²) in [5.74, 6) is 0.811. The fourth-order valence-corrected chi connectivity index (χ4v) is 2.67. The maximum Gasteiger partial charge on any atom is 0.230 e. The Balaban J connectivity index is 1.96. The first kappa shape index (κ1) is 13.4. The molecule has 0 bridgehead atoms. The van der Waals surface area contributed by atoms with Gasteiger partial charge in [0.25, 0.3) is 0 Å². The predicted molar refractivity (Wildman–Crippen MR) is 76.4 cm³/mol. The van der Waals surface area contributed by atoms with E-state index in [0.29, 0.717) is 13.0 Å². The Hall–Kier alpha value is -1.63. The normalized spacial score (nSPS) is 29.9. The van der Waals surface area contributed by atoms with E-state index in [0.717, 1.165) is 17.0 Å². The van der Waals surface area contributed by atoms with E-state index < -0.39 is 0 Å². The van der Waals surface area contributed by atoms with Crippen molar-refractivity contribution < 1.29 is 9.53 Å². The minimum atomic E-state index is -0.0132. The summed E-state index contributed by atoms with van der Waals surface area (Å²) >= 11 is 0. The number of hydrazine groups is 1. The van der Waals surface area contributed by atoms with Crippen LogP contribution in [-0.2, 0) is 4.79 Å². The van der Waals surface area contributed by atoms with Gasteiger partial charge in [0.2, 0.25) is 5.91 Å². The molecule has 3 rings (SSSR count). The summed E-state index contributed by atoms with van der Waals surface area (Å²) in [5, 5.41) is 0. The lowest BCUT2D eigenvalue weighted by Crippen LogP contribution is -2.35. The van der Waals surface area contributed by atoms with E-state index >= 15 is 0 Å².